The standard InChI is InChI=1S/C17H16BrNO2/c18-15-7-5-12(6-8-15)17(20)19-10-16-9-13-3-1-2-4-14(13)11-21-16/h1-8,16H,9-11H2,(H,19,20). The quantitative estimate of drug-likeness (QED) is 0.926. The second-order valence-corrected chi connectivity index (χ2v) is 6.04. The second-order valence-electron chi connectivity index (χ2n) is 5.12. The van der Waals surface area contributed by atoms with Crippen LogP contribution in [0.15, 0.2) is 53.0 Å². The van der Waals surface area contributed by atoms with Gasteiger partial charge >= 0.3 is 0 Å². The zero-order valence-corrected chi connectivity index (χ0v) is 13.1. The third kappa shape index (κ3) is 3.52. The summed E-state index contributed by atoms with van der Waals surface area (Å²) in [5, 5.41) is 2.94. The van der Waals surface area contributed by atoms with E-state index in [1.54, 1.807) is 12.1 Å². The van der Waals surface area contributed by atoms with Crippen LogP contribution in [0.3, 0.4) is 0 Å². The third-order valence-electron chi connectivity index (χ3n) is 3.64. The molecule has 0 spiro atoms. The molecular formula is C17H16BrNO2. The van der Waals surface area contributed by atoms with Crippen molar-refractivity contribution in [2.24, 2.45) is 0 Å². The number of fused-ring (bicyclic) bond motifs is 1. The number of rotatable bonds is 3. The molecule has 2 aromatic carbocycles. The molecule has 1 aliphatic heterocycles. The van der Waals surface area contributed by atoms with Crippen LogP contribution >= 0.6 is 15.9 Å². The van der Waals surface area contributed by atoms with E-state index in [9.17, 15) is 4.79 Å². The van der Waals surface area contributed by atoms with E-state index < -0.39 is 0 Å². The van der Waals surface area contributed by atoms with E-state index in [1.165, 1.54) is 11.1 Å². The SMILES string of the molecule is O=C(NCC1Cc2ccccc2CO1)c1ccc(Br)cc1. The molecule has 0 saturated heterocycles. The fourth-order valence-corrected chi connectivity index (χ4v) is 2.71. The predicted molar refractivity (Wildman–Crippen MR) is 85.2 cm³/mol. The Labute approximate surface area is 132 Å². The van der Waals surface area contributed by atoms with Crippen molar-refractivity contribution in [2.75, 3.05) is 6.54 Å². The molecule has 4 heteroatoms. The molecule has 1 heterocycles. The smallest absolute Gasteiger partial charge is 0.251 e. The Hall–Kier alpha value is -1.65. The highest BCUT2D eigenvalue weighted by Crippen LogP contribution is 2.20. The lowest BCUT2D eigenvalue weighted by atomic mass is 9.99. The average Bonchev–Trinajstić information content (AvgIpc) is 2.53. The van der Waals surface area contributed by atoms with Crippen LogP contribution in [-0.2, 0) is 17.8 Å². The number of benzene rings is 2. The number of halogens is 1. The Bertz CT molecular complexity index is 639. The van der Waals surface area contributed by atoms with Gasteiger partial charge in [-0.1, -0.05) is 40.2 Å². The maximum absolute atomic E-state index is 12.1. The largest absolute Gasteiger partial charge is 0.371 e. The number of nitrogens with one attached hydrogen (secondary N) is 1. The molecule has 0 fully saturated rings. The monoisotopic (exact) mass is 345 g/mol. The molecule has 0 radical (unpaired) electrons. The predicted octanol–water partition coefficient (Wildman–Crippen LogP) is 3.32. The van der Waals surface area contributed by atoms with E-state index in [2.05, 4.69) is 33.4 Å². The van der Waals surface area contributed by atoms with Gasteiger partial charge in [0.2, 0.25) is 0 Å². The van der Waals surface area contributed by atoms with E-state index in [-0.39, 0.29) is 12.0 Å². The number of carbonyl (C=O) groups excluding carboxylic acids is 1. The summed E-state index contributed by atoms with van der Waals surface area (Å²) in [5.74, 6) is -0.0649. The molecule has 1 aliphatic rings. The Morgan fingerprint density at radius 3 is 2.62 bits per heavy atom. The van der Waals surface area contributed by atoms with Crippen LogP contribution in [0.4, 0.5) is 0 Å². The Morgan fingerprint density at radius 2 is 1.86 bits per heavy atom. The first-order valence-electron chi connectivity index (χ1n) is 6.94. The van der Waals surface area contributed by atoms with Crippen molar-refractivity contribution in [1.29, 1.82) is 0 Å². The van der Waals surface area contributed by atoms with E-state index in [0.29, 0.717) is 18.7 Å². The van der Waals surface area contributed by atoms with Gasteiger partial charge in [0, 0.05) is 23.0 Å². The van der Waals surface area contributed by atoms with Crippen LogP contribution in [0.1, 0.15) is 21.5 Å². The van der Waals surface area contributed by atoms with Gasteiger partial charge in [-0.15, -0.1) is 0 Å². The van der Waals surface area contributed by atoms with Gasteiger partial charge in [-0.05, 0) is 35.4 Å². The second kappa shape index (κ2) is 6.41. The van der Waals surface area contributed by atoms with Crippen molar-refractivity contribution in [3.05, 3.63) is 69.7 Å². The molecule has 3 nitrogen and oxygen atoms in total. The zero-order chi connectivity index (χ0) is 14.7. The van der Waals surface area contributed by atoms with Gasteiger partial charge in [0.05, 0.1) is 12.7 Å². The van der Waals surface area contributed by atoms with Gasteiger partial charge < -0.3 is 10.1 Å². The molecule has 21 heavy (non-hydrogen) atoms. The first-order valence-corrected chi connectivity index (χ1v) is 7.74. The molecule has 3 rings (SSSR count). The first kappa shape index (κ1) is 14.3. The minimum Gasteiger partial charge on any atom is -0.371 e. The average molecular weight is 346 g/mol. The number of amides is 1. The molecule has 1 atom stereocenters. The number of hydrogen-bond acceptors (Lipinski definition) is 2. The van der Waals surface area contributed by atoms with Crippen molar-refractivity contribution >= 4 is 21.8 Å². The fourth-order valence-electron chi connectivity index (χ4n) is 2.45. The van der Waals surface area contributed by atoms with Crippen molar-refractivity contribution in [2.45, 2.75) is 19.1 Å². The van der Waals surface area contributed by atoms with E-state index >= 15 is 0 Å². The summed E-state index contributed by atoms with van der Waals surface area (Å²) >= 11 is 3.36. The molecule has 1 amide bonds. The molecule has 0 aliphatic carbocycles. The zero-order valence-electron chi connectivity index (χ0n) is 11.5. The van der Waals surface area contributed by atoms with E-state index in [0.717, 1.165) is 10.9 Å². The molecule has 108 valence electrons. The van der Waals surface area contributed by atoms with Gasteiger partial charge in [-0.3, -0.25) is 4.79 Å². The molecule has 0 saturated carbocycles. The van der Waals surface area contributed by atoms with Crippen molar-refractivity contribution < 1.29 is 9.53 Å². The van der Waals surface area contributed by atoms with Crippen molar-refractivity contribution in [3.8, 4) is 0 Å². The molecular weight excluding hydrogens is 330 g/mol. The molecule has 0 bridgehead atoms. The molecule has 1 N–H and O–H groups in total. The van der Waals surface area contributed by atoms with Crippen LogP contribution in [0, 0.1) is 0 Å². The molecule has 0 aromatic heterocycles. The molecule has 1 unspecified atom stereocenters. The fraction of sp³-hybridized carbons (Fsp3) is 0.235. The van der Waals surface area contributed by atoms with E-state index in [4.69, 9.17) is 4.74 Å². The lowest BCUT2D eigenvalue weighted by Gasteiger charge is -2.25. The van der Waals surface area contributed by atoms with Crippen molar-refractivity contribution in [1.82, 2.24) is 5.32 Å². The maximum atomic E-state index is 12.1. The van der Waals surface area contributed by atoms with Crippen LogP contribution in [-0.4, -0.2) is 18.6 Å². The third-order valence-corrected chi connectivity index (χ3v) is 4.17. The summed E-state index contributed by atoms with van der Waals surface area (Å²) in [5.41, 5.74) is 3.22. The van der Waals surface area contributed by atoms with Gasteiger partial charge in [0.1, 0.15) is 0 Å². The number of hydrogen-bond donors (Lipinski definition) is 1. The van der Waals surface area contributed by atoms with E-state index in [1.807, 2.05) is 24.3 Å². The summed E-state index contributed by atoms with van der Waals surface area (Å²) in [4.78, 5) is 12.1. The highest BCUT2D eigenvalue weighted by atomic mass is 79.9. The summed E-state index contributed by atoms with van der Waals surface area (Å²) in [6.07, 6.45) is 0.885. The first-order chi connectivity index (χ1) is 10.2. The highest BCUT2D eigenvalue weighted by Gasteiger charge is 2.19. The van der Waals surface area contributed by atoms with Gasteiger partial charge in [-0.2, -0.15) is 0 Å². The number of ether oxygens (including phenoxy) is 1. The highest BCUT2D eigenvalue weighted by molar-refractivity contribution is 9.10. The van der Waals surface area contributed by atoms with Crippen LogP contribution in [0.25, 0.3) is 0 Å². The van der Waals surface area contributed by atoms with Crippen LogP contribution in [0.2, 0.25) is 0 Å². The van der Waals surface area contributed by atoms with Gasteiger partial charge in [-0.25, -0.2) is 0 Å². The Kier molecular flexibility index (Phi) is 4.36. The van der Waals surface area contributed by atoms with Crippen LogP contribution < -0.4 is 5.32 Å². The summed E-state index contributed by atoms with van der Waals surface area (Å²) in [6.45, 7) is 1.15. The van der Waals surface area contributed by atoms with Gasteiger partial charge in [0.25, 0.3) is 5.91 Å². The number of carbonyl (C=O) groups is 1. The van der Waals surface area contributed by atoms with Gasteiger partial charge in [0.15, 0.2) is 0 Å². The lowest BCUT2D eigenvalue weighted by Crippen LogP contribution is -2.36. The normalized spacial score (nSPS) is 17.1. The summed E-state index contributed by atoms with van der Waals surface area (Å²) < 4.78 is 6.75. The Balaban J connectivity index is 1.56. The maximum Gasteiger partial charge on any atom is 0.251 e. The summed E-state index contributed by atoms with van der Waals surface area (Å²) in [7, 11) is 0. The minimum absolute atomic E-state index is 0.0410. The topological polar surface area (TPSA) is 38.3 Å². The van der Waals surface area contributed by atoms with Crippen LogP contribution in [0.5, 0.6) is 0 Å². The summed E-state index contributed by atoms with van der Waals surface area (Å²) in [6, 6.07) is 15.6. The minimum atomic E-state index is -0.0649. The Morgan fingerprint density at radius 1 is 1.14 bits per heavy atom. The lowest BCUT2D eigenvalue weighted by molar-refractivity contribution is 0.0285. The van der Waals surface area contributed by atoms with Crippen molar-refractivity contribution in [3.63, 3.8) is 0 Å². The molecule has 2 aromatic rings.